The molecule has 2 amide bonds. The Bertz CT molecular complexity index is 931. The highest BCUT2D eigenvalue weighted by molar-refractivity contribution is 5.96. The lowest BCUT2D eigenvalue weighted by atomic mass is 10.0. The van der Waals surface area contributed by atoms with Crippen LogP contribution in [0, 0.1) is 11.7 Å². The number of fused-ring (bicyclic) bond motifs is 1. The summed E-state index contributed by atoms with van der Waals surface area (Å²) in [6, 6.07) is 13.5. The molecule has 0 aromatic heterocycles. The average molecular weight is 441 g/mol. The number of para-hydroxylation sites is 1. The van der Waals surface area contributed by atoms with Crippen molar-refractivity contribution in [2.75, 3.05) is 26.7 Å². The molecule has 1 aliphatic rings. The summed E-state index contributed by atoms with van der Waals surface area (Å²) >= 11 is 0. The standard InChI is InChI=1S/C26H33FN2O3/c1-19(2)16-21-18-32-24-13-7-5-11-22(24)26(31)28(3)14-8-9-15-29(21)25(30)17-20-10-4-6-12-23(20)27/h4-7,10-13,19,21H,8-9,14-18H2,1-3H3/t21-/m0/s1. The molecule has 0 radical (unpaired) electrons. The van der Waals surface area contributed by atoms with Crippen molar-refractivity contribution in [3.05, 3.63) is 65.5 Å². The van der Waals surface area contributed by atoms with Crippen molar-refractivity contribution in [1.29, 1.82) is 0 Å². The number of ether oxygens (including phenoxy) is 1. The molecule has 2 aromatic rings. The van der Waals surface area contributed by atoms with Crippen LogP contribution in [0.3, 0.4) is 0 Å². The van der Waals surface area contributed by atoms with E-state index in [1.807, 2.05) is 17.0 Å². The molecule has 0 spiro atoms. The highest BCUT2D eigenvalue weighted by atomic mass is 19.1. The second kappa shape index (κ2) is 11.1. The number of hydrogen-bond acceptors (Lipinski definition) is 3. The van der Waals surface area contributed by atoms with Gasteiger partial charge in [0.05, 0.1) is 18.0 Å². The van der Waals surface area contributed by atoms with Gasteiger partial charge in [-0.05, 0) is 48.9 Å². The van der Waals surface area contributed by atoms with E-state index in [-0.39, 0.29) is 36.7 Å². The maximum absolute atomic E-state index is 14.2. The molecule has 3 rings (SSSR count). The van der Waals surface area contributed by atoms with E-state index in [2.05, 4.69) is 13.8 Å². The van der Waals surface area contributed by atoms with E-state index in [4.69, 9.17) is 4.74 Å². The van der Waals surface area contributed by atoms with Gasteiger partial charge in [-0.3, -0.25) is 9.59 Å². The molecular formula is C26H33FN2O3. The quantitative estimate of drug-likeness (QED) is 0.701. The number of halogens is 1. The van der Waals surface area contributed by atoms with Crippen LogP contribution in [0.5, 0.6) is 5.75 Å². The monoisotopic (exact) mass is 440 g/mol. The van der Waals surface area contributed by atoms with Crippen molar-refractivity contribution in [2.24, 2.45) is 5.92 Å². The minimum atomic E-state index is -0.360. The van der Waals surface area contributed by atoms with Crippen molar-refractivity contribution in [3.8, 4) is 5.75 Å². The fraction of sp³-hybridized carbons (Fsp3) is 0.462. The van der Waals surface area contributed by atoms with Crippen LogP contribution in [-0.2, 0) is 11.2 Å². The van der Waals surface area contributed by atoms with Crippen LogP contribution in [0.25, 0.3) is 0 Å². The van der Waals surface area contributed by atoms with Gasteiger partial charge in [0.1, 0.15) is 18.2 Å². The molecule has 172 valence electrons. The lowest BCUT2D eigenvalue weighted by Crippen LogP contribution is -2.46. The molecule has 1 atom stereocenters. The Balaban J connectivity index is 1.88. The Hall–Kier alpha value is -2.89. The van der Waals surface area contributed by atoms with Gasteiger partial charge in [0.2, 0.25) is 5.91 Å². The first-order valence-corrected chi connectivity index (χ1v) is 11.4. The van der Waals surface area contributed by atoms with E-state index in [0.717, 1.165) is 19.3 Å². The van der Waals surface area contributed by atoms with Crippen LogP contribution >= 0.6 is 0 Å². The van der Waals surface area contributed by atoms with E-state index >= 15 is 0 Å². The number of nitrogens with zero attached hydrogens (tertiary/aromatic N) is 2. The molecule has 0 saturated carbocycles. The number of benzene rings is 2. The Kier molecular flexibility index (Phi) is 8.26. The van der Waals surface area contributed by atoms with E-state index in [0.29, 0.717) is 35.9 Å². The minimum Gasteiger partial charge on any atom is -0.491 e. The lowest BCUT2D eigenvalue weighted by molar-refractivity contribution is -0.134. The highest BCUT2D eigenvalue weighted by Gasteiger charge is 2.27. The van der Waals surface area contributed by atoms with Gasteiger partial charge in [-0.25, -0.2) is 4.39 Å². The topological polar surface area (TPSA) is 49.9 Å². The largest absolute Gasteiger partial charge is 0.491 e. The molecule has 1 heterocycles. The number of rotatable bonds is 4. The third kappa shape index (κ3) is 6.09. The SMILES string of the molecule is CC(C)C[C@H]1COc2ccccc2C(=O)N(C)CCCCN1C(=O)Cc1ccccc1F. The van der Waals surface area contributed by atoms with Crippen molar-refractivity contribution in [1.82, 2.24) is 9.80 Å². The summed E-state index contributed by atoms with van der Waals surface area (Å²) in [7, 11) is 1.79. The zero-order valence-corrected chi connectivity index (χ0v) is 19.2. The molecule has 0 N–H and O–H groups in total. The predicted molar refractivity (Wildman–Crippen MR) is 123 cm³/mol. The summed E-state index contributed by atoms with van der Waals surface area (Å²) in [6.07, 6.45) is 2.33. The Morgan fingerprint density at radius 3 is 2.53 bits per heavy atom. The summed E-state index contributed by atoms with van der Waals surface area (Å²) in [6.45, 7) is 5.66. The van der Waals surface area contributed by atoms with Crippen molar-refractivity contribution in [3.63, 3.8) is 0 Å². The van der Waals surface area contributed by atoms with E-state index in [1.54, 1.807) is 42.3 Å². The minimum absolute atomic E-state index is 0.0241. The van der Waals surface area contributed by atoms with E-state index in [9.17, 15) is 14.0 Å². The summed E-state index contributed by atoms with van der Waals surface area (Å²) in [5, 5.41) is 0. The van der Waals surface area contributed by atoms with Crippen LogP contribution in [-0.4, -0.2) is 54.4 Å². The van der Waals surface area contributed by atoms with Crippen LogP contribution in [0.4, 0.5) is 4.39 Å². The van der Waals surface area contributed by atoms with Gasteiger partial charge in [0.15, 0.2) is 0 Å². The van der Waals surface area contributed by atoms with Crippen LogP contribution in [0.15, 0.2) is 48.5 Å². The smallest absolute Gasteiger partial charge is 0.257 e. The van der Waals surface area contributed by atoms with Gasteiger partial charge < -0.3 is 14.5 Å². The third-order valence-electron chi connectivity index (χ3n) is 5.84. The van der Waals surface area contributed by atoms with Gasteiger partial charge in [0.25, 0.3) is 5.91 Å². The first-order valence-electron chi connectivity index (χ1n) is 11.4. The van der Waals surface area contributed by atoms with Gasteiger partial charge in [0, 0.05) is 20.1 Å². The Morgan fingerprint density at radius 1 is 1.09 bits per heavy atom. The molecule has 2 aromatic carbocycles. The maximum Gasteiger partial charge on any atom is 0.257 e. The average Bonchev–Trinajstić information content (AvgIpc) is 2.77. The molecular weight excluding hydrogens is 407 g/mol. The van der Waals surface area contributed by atoms with Crippen molar-refractivity contribution >= 4 is 11.8 Å². The van der Waals surface area contributed by atoms with Crippen LogP contribution < -0.4 is 4.74 Å². The number of carbonyl (C=O) groups excluding carboxylic acids is 2. The second-order valence-electron chi connectivity index (χ2n) is 8.88. The zero-order chi connectivity index (χ0) is 23.1. The summed E-state index contributed by atoms with van der Waals surface area (Å²) < 4.78 is 20.3. The van der Waals surface area contributed by atoms with Gasteiger partial charge in [-0.15, -0.1) is 0 Å². The summed E-state index contributed by atoms with van der Waals surface area (Å²) in [5.41, 5.74) is 0.937. The molecule has 0 aliphatic carbocycles. The van der Waals surface area contributed by atoms with Gasteiger partial charge in [-0.2, -0.15) is 0 Å². The summed E-state index contributed by atoms with van der Waals surface area (Å²) in [4.78, 5) is 29.8. The lowest BCUT2D eigenvalue weighted by Gasteiger charge is -2.34. The molecule has 0 unspecified atom stereocenters. The number of carbonyl (C=O) groups is 2. The maximum atomic E-state index is 14.2. The molecule has 1 aliphatic heterocycles. The highest BCUT2D eigenvalue weighted by Crippen LogP contribution is 2.23. The first kappa shape index (κ1) is 23.8. The van der Waals surface area contributed by atoms with E-state index < -0.39 is 0 Å². The summed E-state index contributed by atoms with van der Waals surface area (Å²) in [5.74, 6) is 0.359. The molecule has 5 nitrogen and oxygen atoms in total. The zero-order valence-electron chi connectivity index (χ0n) is 19.2. The molecule has 0 fully saturated rings. The van der Waals surface area contributed by atoms with Crippen LogP contribution in [0.2, 0.25) is 0 Å². The number of hydrogen-bond donors (Lipinski definition) is 0. The van der Waals surface area contributed by atoms with E-state index in [1.165, 1.54) is 6.07 Å². The second-order valence-corrected chi connectivity index (χ2v) is 8.88. The van der Waals surface area contributed by atoms with Crippen molar-refractivity contribution in [2.45, 2.75) is 45.6 Å². The van der Waals surface area contributed by atoms with Crippen molar-refractivity contribution < 1.29 is 18.7 Å². The third-order valence-corrected chi connectivity index (χ3v) is 5.84. The fourth-order valence-electron chi connectivity index (χ4n) is 4.14. The van der Waals surface area contributed by atoms with Gasteiger partial charge >= 0.3 is 0 Å². The first-order chi connectivity index (χ1) is 15.4. The molecule has 0 bridgehead atoms. The fourth-order valence-corrected chi connectivity index (χ4v) is 4.14. The molecule has 32 heavy (non-hydrogen) atoms. The Morgan fingerprint density at radius 2 is 1.78 bits per heavy atom. The normalized spacial score (nSPS) is 17.9. The predicted octanol–water partition coefficient (Wildman–Crippen LogP) is 4.56. The molecule has 0 saturated heterocycles. The van der Waals surface area contributed by atoms with Crippen LogP contribution in [0.1, 0.15) is 49.0 Å². The van der Waals surface area contributed by atoms with Gasteiger partial charge in [-0.1, -0.05) is 44.2 Å². The molecule has 6 heteroatoms. The Labute approximate surface area is 190 Å². The number of amides is 2.